The van der Waals surface area contributed by atoms with Crippen LogP contribution in [-0.4, -0.2) is 35.1 Å². The maximum absolute atomic E-state index is 12.2. The van der Waals surface area contributed by atoms with Crippen molar-refractivity contribution in [1.82, 2.24) is 20.4 Å². The van der Waals surface area contributed by atoms with Gasteiger partial charge in [-0.2, -0.15) is 4.98 Å². The van der Waals surface area contributed by atoms with E-state index in [0.29, 0.717) is 17.3 Å². The van der Waals surface area contributed by atoms with Crippen LogP contribution >= 0.6 is 0 Å². The fourth-order valence-corrected chi connectivity index (χ4v) is 2.13. The molecule has 0 spiro atoms. The summed E-state index contributed by atoms with van der Waals surface area (Å²) in [6.07, 6.45) is 3.32. The third kappa shape index (κ3) is 3.57. The minimum absolute atomic E-state index is 0.170. The number of hydrogen-bond acceptors (Lipinski definition) is 6. The maximum atomic E-state index is 12.2. The molecule has 0 saturated heterocycles. The quantitative estimate of drug-likeness (QED) is 0.774. The maximum Gasteiger partial charge on any atom is 0.251 e. The molecule has 0 aliphatic carbocycles. The summed E-state index contributed by atoms with van der Waals surface area (Å²) in [6, 6.07) is 11.0. The number of aromatic nitrogens is 3. The Balaban J connectivity index is 1.65. The molecule has 3 rings (SSSR count). The van der Waals surface area contributed by atoms with Crippen LogP contribution in [0.15, 0.2) is 53.3 Å². The molecule has 1 amide bonds. The third-order valence-electron chi connectivity index (χ3n) is 3.43. The Morgan fingerprint density at radius 1 is 1.21 bits per heavy atom. The zero-order valence-corrected chi connectivity index (χ0v) is 13.4. The molecule has 2 heterocycles. The lowest BCUT2D eigenvalue weighted by atomic mass is 10.2. The van der Waals surface area contributed by atoms with Crippen LogP contribution in [0.1, 0.15) is 16.2 Å². The lowest BCUT2D eigenvalue weighted by Crippen LogP contribution is -2.23. The molecule has 3 aromatic rings. The van der Waals surface area contributed by atoms with Gasteiger partial charge in [-0.05, 0) is 30.3 Å². The average molecular weight is 323 g/mol. The minimum atomic E-state index is -0.192. The molecule has 7 nitrogen and oxygen atoms in total. The Morgan fingerprint density at radius 3 is 2.75 bits per heavy atom. The van der Waals surface area contributed by atoms with Crippen LogP contribution < -0.4 is 10.2 Å². The molecule has 122 valence electrons. The van der Waals surface area contributed by atoms with Gasteiger partial charge >= 0.3 is 0 Å². The number of benzene rings is 1. The van der Waals surface area contributed by atoms with Crippen molar-refractivity contribution in [3.63, 3.8) is 0 Å². The van der Waals surface area contributed by atoms with E-state index in [1.807, 2.05) is 37.2 Å². The van der Waals surface area contributed by atoms with Gasteiger partial charge in [-0.15, -0.1) is 0 Å². The zero-order valence-electron chi connectivity index (χ0n) is 13.4. The Hall–Kier alpha value is -3.22. The first-order valence-corrected chi connectivity index (χ1v) is 7.42. The minimum Gasteiger partial charge on any atom is -0.378 e. The van der Waals surface area contributed by atoms with E-state index in [2.05, 4.69) is 20.4 Å². The number of hydrogen-bond donors (Lipinski definition) is 1. The second-order valence-corrected chi connectivity index (χ2v) is 5.38. The van der Waals surface area contributed by atoms with Crippen molar-refractivity contribution in [2.45, 2.75) is 6.54 Å². The van der Waals surface area contributed by atoms with Gasteiger partial charge in [0.2, 0.25) is 11.7 Å². The number of amides is 1. The number of anilines is 1. The topological polar surface area (TPSA) is 84.2 Å². The molecule has 0 atom stereocenters. The van der Waals surface area contributed by atoms with Gasteiger partial charge in [0, 0.05) is 43.3 Å². The predicted octanol–water partition coefficient (Wildman–Crippen LogP) is 2.13. The van der Waals surface area contributed by atoms with Gasteiger partial charge in [0.25, 0.3) is 5.91 Å². The number of carbonyl (C=O) groups is 1. The van der Waals surface area contributed by atoms with E-state index in [4.69, 9.17) is 4.52 Å². The van der Waals surface area contributed by atoms with Crippen LogP contribution in [0.4, 0.5) is 5.69 Å². The third-order valence-corrected chi connectivity index (χ3v) is 3.43. The predicted molar refractivity (Wildman–Crippen MR) is 89.5 cm³/mol. The Kier molecular flexibility index (Phi) is 4.51. The summed E-state index contributed by atoms with van der Waals surface area (Å²) >= 11 is 0. The van der Waals surface area contributed by atoms with E-state index >= 15 is 0 Å². The number of carbonyl (C=O) groups excluding carboxylic acids is 1. The summed E-state index contributed by atoms with van der Waals surface area (Å²) < 4.78 is 5.16. The fourth-order valence-electron chi connectivity index (χ4n) is 2.13. The summed E-state index contributed by atoms with van der Waals surface area (Å²) in [5, 5.41) is 6.68. The SMILES string of the molecule is CN(C)c1cccc(C(=O)NCc2nc(-c3ccncc3)no2)c1. The van der Waals surface area contributed by atoms with E-state index in [1.54, 1.807) is 30.6 Å². The molecule has 0 aliphatic rings. The molecule has 1 N–H and O–H groups in total. The largest absolute Gasteiger partial charge is 0.378 e. The van der Waals surface area contributed by atoms with Gasteiger partial charge in [-0.3, -0.25) is 9.78 Å². The standard InChI is InChI=1S/C17H17N5O2/c1-22(2)14-5-3-4-13(10-14)17(23)19-11-15-20-16(21-24-15)12-6-8-18-9-7-12/h3-10H,11H2,1-2H3,(H,19,23). The monoisotopic (exact) mass is 323 g/mol. The molecule has 0 unspecified atom stereocenters. The fraction of sp³-hybridized carbons (Fsp3) is 0.176. The smallest absolute Gasteiger partial charge is 0.251 e. The zero-order chi connectivity index (χ0) is 16.9. The molecule has 7 heteroatoms. The highest BCUT2D eigenvalue weighted by Gasteiger charge is 2.11. The highest BCUT2D eigenvalue weighted by atomic mass is 16.5. The van der Waals surface area contributed by atoms with Crippen molar-refractivity contribution in [2.24, 2.45) is 0 Å². The summed E-state index contributed by atoms with van der Waals surface area (Å²) in [5.41, 5.74) is 2.35. The summed E-state index contributed by atoms with van der Waals surface area (Å²) in [5.74, 6) is 0.623. The molecule has 0 aliphatic heterocycles. The first-order chi connectivity index (χ1) is 11.6. The molecular weight excluding hydrogens is 306 g/mol. The van der Waals surface area contributed by atoms with Crippen LogP contribution in [0.2, 0.25) is 0 Å². The van der Waals surface area contributed by atoms with Crippen molar-refractivity contribution >= 4 is 11.6 Å². The highest BCUT2D eigenvalue weighted by molar-refractivity contribution is 5.95. The summed E-state index contributed by atoms with van der Waals surface area (Å²) in [4.78, 5) is 22.4. The van der Waals surface area contributed by atoms with Gasteiger partial charge in [-0.1, -0.05) is 11.2 Å². The van der Waals surface area contributed by atoms with Crippen LogP contribution in [-0.2, 0) is 6.54 Å². The molecule has 24 heavy (non-hydrogen) atoms. The van der Waals surface area contributed by atoms with Crippen molar-refractivity contribution in [1.29, 1.82) is 0 Å². The molecular formula is C17H17N5O2. The number of rotatable bonds is 5. The van der Waals surface area contributed by atoms with E-state index in [1.165, 1.54) is 0 Å². The molecule has 0 saturated carbocycles. The van der Waals surface area contributed by atoms with Crippen molar-refractivity contribution < 1.29 is 9.32 Å². The lowest BCUT2D eigenvalue weighted by Gasteiger charge is -2.13. The molecule has 0 fully saturated rings. The Bertz CT molecular complexity index is 830. The number of pyridine rings is 1. The van der Waals surface area contributed by atoms with E-state index < -0.39 is 0 Å². The molecule has 2 aromatic heterocycles. The van der Waals surface area contributed by atoms with Crippen LogP contribution in [0.25, 0.3) is 11.4 Å². The lowest BCUT2D eigenvalue weighted by molar-refractivity contribution is 0.0946. The van der Waals surface area contributed by atoms with Gasteiger partial charge < -0.3 is 14.7 Å². The van der Waals surface area contributed by atoms with Gasteiger partial charge in [-0.25, -0.2) is 0 Å². The van der Waals surface area contributed by atoms with Gasteiger partial charge in [0.1, 0.15) is 0 Å². The second kappa shape index (κ2) is 6.91. The average Bonchev–Trinajstić information content (AvgIpc) is 3.09. The van der Waals surface area contributed by atoms with E-state index in [9.17, 15) is 4.79 Å². The van der Waals surface area contributed by atoms with Gasteiger partial charge in [0.15, 0.2) is 0 Å². The first-order valence-electron chi connectivity index (χ1n) is 7.42. The number of nitrogens with zero attached hydrogens (tertiary/aromatic N) is 4. The van der Waals surface area contributed by atoms with Crippen LogP contribution in [0.5, 0.6) is 0 Å². The highest BCUT2D eigenvalue weighted by Crippen LogP contribution is 2.15. The first kappa shape index (κ1) is 15.7. The Morgan fingerprint density at radius 2 is 2.00 bits per heavy atom. The molecule has 0 radical (unpaired) electrons. The van der Waals surface area contributed by atoms with Crippen LogP contribution in [0.3, 0.4) is 0 Å². The van der Waals surface area contributed by atoms with E-state index in [0.717, 1.165) is 11.3 Å². The van der Waals surface area contributed by atoms with Crippen molar-refractivity contribution in [2.75, 3.05) is 19.0 Å². The van der Waals surface area contributed by atoms with Crippen molar-refractivity contribution in [3.05, 3.63) is 60.2 Å². The van der Waals surface area contributed by atoms with E-state index in [-0.39, 0.29) is 12.5 Å². The summed E-state index contributed by atoms with van der Waals surface area (Å²) in [7, 11) is 3.85. The van der Waals surface area contributed by atoms with Crippen LogP contribution in [0, 0.1) is 0 Å². The molecule has 0 bridgehead atoms. The second-order valence-electron chi connectivity index (χ2n) is 5.38. The molecule has 1 aromatic carbocycles. The van der Waals surface area contributed by atoms with Crippen molar-refractivity contribution in [3.8, 4) is 11.4 Å². The number of nitrogens with one attached hydrogen (secondary N) is 1. The summed E-state index contributed by atoms with van der Waals surface area (Å²) in [6.45, 7) is 0.170. The van der Waals surface area contributed by atoms with Gasteiger partial charge in [0.05, 0.1) is 6.54 Å². The Labute approximate surface area is 139 Å². The normalized spacial score (nSPS) is 10.4.